The van der Waals surface area contributed by atoms with E-state index in [0.717, 1.165) is 10.5 Å². The highest BCUT2D eigenvalue weighted by Crippen LogP contribution is 2.21. The summed E-state index contributed by atoms with van der Waals surface area (Å²) in [6, 6.07) is 14.7. The van der Waals surface area contributed by atoms with Gasteiger partial charge in [0.1, 0.15) is 5.60 Å². The summed E-state index contributed by atoms with van der Waals surface area (Å²) in [5.41, 5.74) is 7.86. The van der Waals surface area contributed by atoms with Gasteiger partial charge in [0.15, 0.2) is 11.5 Å². The number of amides is 3. The van der Waals surface area contributed by atoms with E-state index in [1.807, 2.05) is 51.3 Å². The molecule has 3 aromatic rings. The van der Waals surface area contributed by atoms with Crippen LogP contribution in [0, 0.1) is 0 Å². The number of anilines is 1. The Balaban J connectivity index is 1.41. The molecule has 0 unspecified atom stereocenters. The fourth-order valence-electron chi connectivity index (χ4n) is 4.18. The largest absolute Gasteiger partial charge is 0.444 e. The molecule has 10 nitrogen and oxygen atoms in total. The molecule has 1 aliphatic rings. The van der Waals surface area contributed by atoms with E-state index in [4.69, 9.17) is 10.5 Å². The first-order valence-corrected chi connectivity index (χ1v) is 14.2. The predicted molar refractivity (Wildman–Crippen MR) is 155 cm³/mol. The molecule has 1 saturated heterocycles. The van der Waals surface area contributed by atoms with Crippen LogP contribution in [0.5, 0.6) is 0 Å². The summed E-state index contributed by atoms with van der Waals surface area (Å²) in [6.07, 6.45) is 3.65. The molecule has 0 bridgehead atoms. The Morgan fingerprint density at radius 3 is 2.58 bits per heavy atom. The summed E-state index contributed by atoms with van der Waals surface area (Å²) < 4.78 is 5.42. The van der Waals surface area contributed by atoms with Gasteiger partial charge in [-0.15, -0.1) is 11.8 Å². The number of benzene rings is 2. The first-order chi connectivity index (χ1) is 19.0. The number of nitrogen functional groups attached to an aromatic ring is 1. The molecule has 4 rings (SSSR count). The van der Waals surface area contributed by atoms with Crippen molar-refractivity contribution in [3.8, 4) is 11.3 Å². The molecular weight excluding hydrogens is 528 g/mol. The van der Waals surface area contributed by atoms with Crippen molar-refractivity contribution in [3.05, 3.63) is 71.5 Å². The number of carbonyl (C=O) groups is 3. The molecule has 0 saturated carbocycles. The van der Waals surface area contributed by atoms with Crippen molar-refractivity contribution in [2.75, 3.05) is 25.1 Å². The number of nitrogens with one attached hydrogen (secondary N) is 2. The fourth-order valence-corrected chi connectivity index (χ4v) is 4.58. The average Bonchev–Trinajstić information content (AvgIpc) is 3.40. The predicted octanol–water partition coefficient (Wildman–Crippen LogP) is 4.12. The summed E-state index contributed by atoms with van der Waals surface area (Å²) in [4.78, 5) is 49.6. The molecule has 210 valence electrons. The molecular formula is C29H34N6O4S. The number of hydrogen-bond acceptors (Lipinski definition) is 8. The van der Waals surface area contributed by atoms with Crippen LogP contribution in [0.2, 0.25) is 0 Å². The molecule has 1 fully saturated rings. The van der Waals surface area contributed by atoms with Crippen LogP contribution >= 0.6 is 11.8 Å². The van der Waals surface area contributed by atoms with E-state index >= 15 is 0 Å². The number of nitrogens with zero attached hydrogens (tertiary/aromatic N) is 3. The lowest BCUT2D eigenvalue weighted by Gasteiger charge is -2.24. The van der Waals surface area contributed by atoms with Gasteiger partial charge in [-0.25, -0.2) is 14.8 Å². The Morgan fingerprint density at radius 2 is 1.88 bits per heavy atom. The van der Waals surface area contributed by atoms with Gasteiger partial charge in [-0.3, -0.25) is 9.59 Å². The number of nitrogens with two attached hydrogens (primary N) is 1. The van der Waals surface area contributed by atoms with E-state index in [9.17, 15) is 14.4 Å². The second kappa shape index (κ2) is 12.4. The van der Waals surface area contributed by atoms with Crippen molar-refractivity contribution in [2.45, 2.75) is 50.3 Å². The number of ether oxygens (including phenoxy) is 1. The molecule has 11 heteroatoms. The molecule has 2 heterocycles. The lowest BCUT2D eigenvalue weighted by molar-refractivity contribution is 0.0290. The van der Waals surface area contributed by atoms with E-state index in [1.165, 1.54) is 6.20 Å². The number of aromatic nitrogens is 2. The zero-order chi connectivity index (χ0) is 28.9. The highest BCUT2D eigenvalue weighted by molar-refractivity contribution is 7.98. The standard InChI is InChI=1S/C29H34N6O4S/c1-29(2,3)39-28(38)35-13-12-21(17-35)33-27(37)24-25(30)31-16-23(34-24)19-6-5-7-20(14-19)26(36)32-15-18-8-10-22(40-4)11-9-18/h5-11,14,16,21H,12-13,15,17H2,1-4H3,(H2,30,31)(H,32,36)(H,33,37)/t21-/m0/s1. The third kappa shape index (κ3) is 7.50. The minimum absolute atomic E-state index is 0.00960. The minimum Gasteiger partial charge on any atom is -0.444 e. The van der Waals surface area contributed by atoms with Crippen LogP contribution in [0.4, 0.5) is 10.6 Å². The maximum absolute atomic E-state index is 13.1. The molecule has 3 amide bonds. The Labute approximate surface area is 238 Å². The number of hydrogen-bond donors (Lipinski definition) is 3. The van der Waals surface area contributed by atoms with Crippen molar-refractivity contribution in [2.24, 2.45) is 0 Å². The van der Waals surface area contributed by atoms with Crippen LogP contribution < -0.4 is 16.4 Å². The lowest BCUT2D eigenvalue weighted by atomic mass is 10.1. The first-order valence-electron chi connectivity index (χ1n) is 13.0. The molecule has 40 heavy (non-hydrogen) atoms. The van der Waals surface area contributed by atoms with Gasteiger partial charge < -0.3 is 26.0 Å². The average molecular weight is 563 g/mol. The quantitative estimate of drug-likeness (QED) is 0.366. The maximum Gasteiger partial charge on any atom is 0.410 e. The third-order valence-corrected chi connectivity index (χ3v) is 6.97. The summed E-state index contributed by atoms with van der Waals surface area (Å²) >= 11 is 1.66. The van der Waals surface area contributed by atoms with Crippen LogP contribution in [0.15, 0.2) is 59.6 Å². The second-order valence-corrected chi connectivity index (χ2v) is 11.4. The number of carbonyl (C=O) groups excluding carboxylic acids is 3. The fraction of sp³-hybridized carbons (Fsp3) is 0.345. The van der Waals surface area contributed by atoms with Gasteiger partial charge in [0.2, 0.25) is 0 Å². The molecule has 1 atom stereocenters. The van der Waals surface area contributed by atoms with Gasteiger partial charge in [0.05, 0.1) is 11.9 Å². The summed E-state index contributed by atoms with van der Waals surface area (Å²) in [5.74, 6) is -0.721. The third-order valence-electron chi connectivity index (χ3n) is 6.22. The molecule has 0 spiro atoms. The summed E-state index contributed by atoms with van der Waals surface area (Å²) in [6.45, 7) is 6.62. The normalized spacial score (nSPS) is 15.0. The summed E-state index contributed by atoms with van der Waals surface area (Å²) in [5, 5.41) is 5.83. The van der Waals surface area contributed by atoms with E-state index in [1.54, 1.807) is 40.9 Å². The first kappa shape index (κ1) is 28.9. The molecule has 4 N–H and O–H groups in total. The van der Waals surface area contributed by atoms with Crippen molar-refractivity contribution in [1.82, 2.24) is 25.5 Å². The zero-order valence-electron chi connectivity index (χ0n) is 23.1. The minimum atomic E-state index is -0.596. The molecule has 2 aromatic carbocycles. The van der Waals surface area contributed by atoms with Gasteiger partial charge in [0.25, 0.3) is 11.8 Å². The topological polar surface area (TPSA) is 140 Å². The van der Waals surface area contributed by atoms with Crippen molar-refractivity contribution >= 4 is 35.5 Å². The van der Waals surface area contributed by atoms with Gasteiger partial charge in [-0.1, -0.05) is 24.3 Å². The van der Waals surface area contributed by atoms with E-state index in [2.05, 4.69) is 20.6 Å². The van der Waals surface area contributed by atoms with Crippen molar-refractivity contribution in [1.29, 1.82) is 0 Å². The van der Waals surface area contributed by atoms with Crippen LogP contribution in [0.3, 0.4) is 0 Å². The Bertz CT molecular complexity index is 1390. The Morgan fingerprint density at radius 1 is 1.12 bits per heavy atom. The highest BCUT2D eigenvalue weighted by atomic mass is 32.2. The molecule has 0 aliphatic carbocycles. The Kier molecular flexibility index (Phi) is 8.93. The number of rotatable bonds is 7. The summed E-state index contributed by atoms with van der Waals surface area (Å²) in [7, 11) is 0. The number of thioether (sulfide) groups is 1. The second-order valence-electron chi connectivity index (χ2n) is 10.5. The van der Waals surface area contributed by atoms with E-state index in [0.29, 0.717) is 42.9 Å². The van der Waals surface area contributed by atoms with Gasteiger partial charge >= 0.3 is 6.09 Å². The van der Waals surface area contributed by atoms with Crippen LogP contribution in [-0.4, -0.2) is 63.8 Å². The number of likely N-dealkylation sites (tertiary alicyclic amines) is 1. The Hall–Kier alpha value is -4.12. The lowest BCUT2D eigenvalue weighted by Crippen LogP contribution is -2.40. The van der Waals surface area contributed by atoms with Gasteiger partial charge in [-0.05, 0) is 63.3 Å². The highest BCUT2D eigenvalue weighted by Gasteiger charge is 2.31. The maximum atomic E-state index is 13.1. The van der Waals surface area contributed by atoms with E-state index in [-0.39, 0.29) is 23.5 Å². The van der Waals surface area contributed by atoms with Gasteiger partial charge in [0, 0.05) is 41.7 Å². The van der Waals surface area contributed by atoms with Crippen LogP contribution in [0.25, 0.3) is 11.3 Å². The van der Waals surface area contributed by atoms with Crippen molar-refractivity contribution < 1.29 is 19.1 Å². The van der Waals surface area contributed by atoms with Crippen LogP contribution in [0.1, 0.15) is 53.6 Å². The monoisotopic (exact) mass is 562 g/mol. The molecule has 1 aromatic heterocycles. The van der Waals surface area contributed by atoms with Gasteiger partial charge in [-0.2, -0.15) is 0 Å². The van der Waals surface area contributed by atoms with Crippen molar-refractivity contribution in [3.63, 3.8) is 0 Å². The van der Waals surface area contributed by atoms with E-state index < -0.39 is 17.6 Å². The molecule has 0 radical (unpaired) electrons. The van der Waals surface area contributed by atoms with Crippen LogP contribution in [-0.2, 0) is 11.3 Å². The zero-order valence-corrected chi connectivity index (χ0v) is 23.9. The smallest absolute Gasteiger partial charge is 0.410 e. The SMILES string of the molecule is CSc1ccc(CNC(=O)c2cccc(-c3cnc(N)c(C(=O)N[C@H]4CCN(C(=O)OC(C)(C)C)C4)n3)c2)cc1. The molecule has 1 aliphatic heterocycles.